The maximum absolute atomic E-state index is 13.3. The van der Waals surface area contributed by atoms with Crippen molar-refractivity contribution in [3.05, 3.63) is 29.6 Å². The molecular formula is C17H24FNO2. The van der Waals surface area contributed by atoms with Crippen molar-refractivity contribution in [2.75, 3.05) is 19.6 Å². The first kappa shape index (κ1) is 14.8. The second-order valence-corrected chi connectivity index (χ2v) is 6.88. The Balaban J connectivity index is 1.73. The summed E-state index contributed by atoms with van der Waals surface area (Å²) in [4.78, 5) is 2.46. The highest BCUT2D eigenvalue weighted by Gasteiger charge is 2.42. The summed E-state index contributed by atoms with van der Waals surface area (Å²) in [7, 11) is 0. The highest BCUT2D eigenvalue weighted by Crippen LogP contribution is 2.44. The Morgan fingerprint density at radius 2 is 2.10 bits per heavy atom. The molecule has 1 atom stereocenters. The molecule has 1 spiro atoms. The molecule has 1 saturated heterocycles. The van der Waals surface area contributed by atoms with Crippen LogP contribution in [0.15, 0.2) is 18.2 Å². The maximum Gasteiger partial charge on any atom is 0.126 e. The van der Waals surface area contributed by atoms with Crippen LogP contribution in [0.3, 0.4) is 0 Å². The third kappa shape index (κ3) is 3.06. The molecule has 0 aromatic heterocycles. The normalized spacial score (nSPS) is 24.9. The zero-order valence-electron chi connectivity index (χ0n) is 12.8. The lowest BCUT2D eigenvalue weighted by molar-refractivity contribution is -0.0553. The minimum absolute atomic E-state index is 0.280. The molecule has 0 bridgehead atoms. The average Bonchev–Trinajstić information content (AvgIpc) is 2.42. The number of hydrogen-bond donors (Lipinski definition) is 1. The predicted octanol–water partition coefficient (Wildman–Crippen LogP) is 3.13. The predicted molar refractivity (Wildman–Crippen MR) is 79.8 cm³/mol. The first-order valence-corrected chi connectivity index (χ1v) is 7.86. The number of halogens is 1. The molecule has 1 aromatic carbocycles. The number of aliphatic hydroxyl groups is 1. The molecule has 3 rings (SSSR count). The van der Waals surface area contributed by atoms with E-state index >= 15 is 0 Å². The second-order valence-electron chi connectivity index (χ2n) is 6.88. The van der Waals surface area contributed by atoms with Crippen molar-refractivity contribution in [3.8, 4) is 5.75 Å². The van der Waals surface area contributed by atoms with Gasteiger partial charge in [-0.15, -0.1) is 0 Å². The molecule has 21 heavy (non-hydrogen) atoms. The Bertz CT molecular complexity index is 510. The van der Waals surface area contributed by atoms with Crippen LogP contribution in [-0.2, 0) is 0 Å². The van der Waals surface area contributed by atoms with Crippen molar-refractivity contribution in [1.29, 1.82) is 0 Å². The van der Waals surface area contributed by atoms with Crippen LogP contribution in [0.1, 0.15) is 44.8 Å². The van der Waals surface area contributed by atoms with Crippen LogP contribution in [0.5, 0.6) is 5.75 Å². The van der Waals surface area contributed by atoms with E-state index in [9.17, 15) is 9.50 Å². The molecule has 0 radical (unpaired) electrons. The van der Waals surface area contributed by atoms with Gasteiger partial charge in [0, 0.05) is 31.6 Å². The zero-order chi connectivity index (χ0) is 15.0. The summed E-state index contributed by atoms with van der Waals surface area (Å²) in [6, 6.07) is 4.44. The number of likely N-dealkylation sites (tertiary alicyclic amines) is 1. The van der Waals surface area contributed by atoms with Gasteiger partial charge in [-0.1, -0.05) is 13.8 Å². The third-order valence-electron chi connectivity index (χ3n) is 4.61. The number of ether oxygens (including phenoxy) is 1. The van der Waals surface area contributed by atoms with Gasteiger partial charge in [-0.05, 0) is 37.0 Å². The van der Waals surface area contributed by atoms with Gasteiger partial charge < -0.3 is 14.7 Å². The number of nitrogens with zero attached hydrogens (tertiary/aromatic N) is 1. The quantitative estimate of drug-likeness (QED) is 0.909. The molecule has 0 unspecified atom stereocenters. The SMILES string of the molecule is CC(C)CN1CCC2(CC1)C[C@H](O)c1cc(F)ccc1O2. The van der Waals surface area contributed by atoms with Crippen LogP contribution in [0.4, 0.5) is 4.39 Å². The van der Waals surface area contributed by atoms with Crippen molar-refractivity contribution in [3.63, 3.8) is 0 Å². The molecule has 2 heterocycles. The Kier molecular flexibility index (Phi) is 3.93. The van der Waals surface area contributed by atoms with Crippen molar-refractivity contribution >= 4 is 0 Å². The monoisotopic (exact) mass is 293 g/mol. The lowest BCUT2D eigenvalue weighted by Gasteiger charge is -2.46. The summed E-state index contributed by atoms with van der Waals surface area (Å²) in [6.07, 6.45) is 1.79. The number of aliphatic hydroxyl groups excluding tert-OH is 1. The lowest BCUT2D eigenvalue weighted by Crippen LogP contribution is -2.51. The highest BCUT2D eigenvalue weighted by atomic mass is 19.1. The van der Waals surface area contributed by atoms with E-state index in [0.717, 1.165) is 32.5 Å². The van der Waals surface area contributed by atoms with Gasteiger partial charge in [-0.2, -0.15) is 0 Å². The van der Waals surface area contributed by atoms with E-state index in [-0.39, 0.29) is 11.4 Å². The first-order valence-electron chi connectivity index (χ1n) is 7.86. The van der Waals surface area contributed by atoms with Crippen LogP contribution in [0.2, 0.25) is 0 Å². The summed E-state index contributed by atoms with van der Waals surface area (Å²) >= 11 is 0. The van der Waals surface area contributed by atoms with Gasteiger partial charge in [0.2, 0.25) is 0 Å². The molecular weight excluding hydrogens is 269 g/mol. The molecule has 1 N–H and O–H groups in total. The van der Waals surface area contributed by atoms with E-state index in [0.29, 0.717) is 23.7 Å². The van der Waals surface area contributed by atoms with Gasteiger partial charge in [0.05, 0.1) is 6.10 Å². The van der Waals surface area contributed by atoms with Gasteiger partial charge in [0.15, 0.2) is 0 Å². The Hall–Kier alpha value is -1.13. The molecule has 3 nitrogen and oxygen atoms in total. The number of piperidine rings is 1. The molecule has 1 aromatic rings. The second kappa shape index (κ2) is 5.58. The summed E-state index contributed by atoms with van der Waals surface area (Å²) < 4.78 is 19.5. The largest absolute Gasteiger partial charge is 0.487 e. The summed E-state index contributed by atoms with van der Waals surface area (Å²) in [5.74, 6) is 0.993. The van der Waals surface area contributed by atoms with Crippen LogP contribution in [0, 0.1) is 11.7 Å². The van der Waals surface area contributed by atoms with Crippen LogP contribution >= 0.6 is 0 Å². The van der Waals surface area contributed by atoms with Crippen molar-refractivity contribution in [1.82, 2.24) is 4.90 Å². The van der Waals surface area contributed by atoms with Gasteiger partial charge in [0.25, 0.3) is 0 Å². The summed E-state index contributed by atoms with van der Waals surface area (Å²) in [5.41, 5.74) is 0.308. The number of benzene rings is 1. The highest BCUT2D eigenvalue weighted by molar-refractivity contribution is 5.38. The Labute approximate surface area is 125 Å². The molecule has 0 saturated carbocycles. The fourth-order valence-corrected chi connectivity index (χ4v) is 3.58. The third-order valence-corrected chi connectivity index (χ3v) is 4.61. The van der Waals surface area contributed by atoms with Gasteiger partial charge in [0.1, 0.15) is 17.2 Å². The van der Waals surface area contributed by atoms with Gasteiger partial charge in [-0.3, -0.25) is 0 Å². The van der Waals surface area contributed by atoms with E-state index in [2.05, 4.69) is 18.7 Å². The van der Waals surface area contributed by atoms with E-state index in [4.69, 9.17) is 4.74 Å². The number of rotatable bonds is 2. The lowest BCUT2D eigenvalue weighted by atomic mass is 9.81. The van der Waals surface area contributed by atoms with Crippen molar-refractivity contribution in [2.24, 2.45) is 5.92 Å². The van der Waals surface area contributed by atoms with Gasteiger partial charge >= 0.3 is 0 Å². The minimum Gasteiger partial charge on any atom is -0.487 e. The fourth-order valence-electron chi connectivity index (χ4n) is 3.58. The minimum atomic E-state index is -0.624. The van der Waals surface area contributed by atoms with E-state index in [1.165, 1.54) is 12.1 Å². The number of fused-ring (bicyclic) bond motifs is 1. The van der Waals surface area contributed by atoms with Gasteiger partial charge in [-0.25, -0.2) is 4.39 Å². The van der Waals surface area contributed by atoms with E-state index in [1.807, 2.05) is 0 Å². The standard InChI is InChI=1S/C17H24FNO2/c1-12(2)11-19-7-5-17(6-8-19)10-15(20)14-9-13(18)3-4-16(14)21-17/h3-4,9,12,15,20H,5-8,10-11H2,1-2H3/t15-/m0/s1. The van der Waals surface area contributed by atoms with Crippen LogP contribution in [-0.4, -0.2) is 35.2 Å². The van der Waals surface area contributed by atoms with Crippen LogP contribution in [0.25, 0.3) is 0 Å². The first-order chi connectivity index (χ1) is 9.97. The molecule has 2 aliphatic rings. The van der Waals surface area contributed by atoms with Crippen molar-refractivity contribution < 1.29 is 14.2 Å². The molecule has 116 valence electrons. The number of hydrogen-bond acceptors (Lipinski definition) is 3. The Morgan fingerprint density at radius 1 is 1.38 bits per heavy atom. The molecule has 0 amide bonds. The topological polar surface area (TPSA) is 32.7 Å². The zero-order valence-corrected chi connectivity index (χ0v) is 12.8. The molecule has 4 heteroatoms. The van der Waals surface area contributed by atoms with E-state index in [1.54, 1.807) is 6.07 Å². The summed E-state index contributed by atoms with van der Waals surface area (Å²) in [6.45, 7) is 7.58. The van der Waals surface area contributed by atoms with Crippen LogP contribution < -0.4 is 4.74 Å². The average molecular weight is 293 g/mol. The van der Waals surface area contributed by atoms with E-state index < -0.39 is 6.10 Å². The molecule has 0 aliphatic carbocycles. The molecule has 1 fully saturated rings. The van der Waals surface area contributed by atoms with Crippen molar-refractivity contribution in [2.45, 2.75) is 44.8 Å². The fraction of sp³-hybridized carbons (Fsp3) is 0.647. The maximum atomic E-state index is 13.3. The summed E-state index contributed by atoms with van der Waals surface area (Å²) in [5, 5.41) is 10.4. The Morgan fingerprint density at radius 3 is 2.76 bits per heavy atom. The smallest absolute Gasteiger partial charge is 0.126 e. The molecule has 2 aliphatic heterocycles.